The fraction of sp³-hybridized carbons (Fsp3) is 0.750. The normalized spacial score (nSPS) is 24.8. The van der Waals surface area contributed by atoms with Crippen LogP contribution < -0.4 is 15.6 Å². The number of nitrogens with one attached hydrogen (secondary N) is 1. The highest BCUT2D eigenvalue weighted by molar-refractivity contribution is 5.76. The Labute approximate surface area is 161 Å². The Hall–Kier alpha value is -1.89. The van der Waals surface area contributed by atoms with Crippen LogP contribution >= 0.6 is 0 Å². The molecule has 27 heavy (non-hydrogen) atoms. The number of carbonyl (C=O) groups excluding carboxylic acids is 1. The highest BCUT2D eigenvalue weighted by atomic mass is 16.5. The van der Waals surface area contributed by atoms with E-state index in [1.54, 1.807) is 0 Å². The lowest BCUT2D eigenvalue weighted by molar-refractivity contribution is -0.127. The Kier molecular flexibility index (Phi) is 5.60. The molecular formula is C20H32N4O3. The predicted molar refractivity (Wildman–Crippen MR) is 104 cm³/mol. The van der Waals surface area contributed by atoms with E-state index in [4.69, 9.17) is 4.74 Å². The summed E-state index contributed by atoms with van der Waals surface area (Å²) >= 11 is 0. The second-order valence-electron chi connectivity index (χ2n) is 8.82. The highest BCUT2D eigenvalue weighted by Gasteiger charge is 2.52. The maximum Gasteiger partial charge on any atom is 0.270 e. The molecule has 2 heterocycles. The minimum absolute atomic E-state index is 0.0532. The van der Waals surface area contributed by atoms with Crippen molar-refractivity contribution in [2.24, 2.45) is 5.92 Å². The van der Waals surface area contributed by atoms with Gasteiger partial charge in [-0.3, -0.25) is 9.59 Å². The molecule has 150 valence electrons. The average molecular weight is 377 g/mol. The van der Waals surface area contributed by atoms with Gasteiger partial charge in [-0.2, -0.15) is 5.10 Å². The molecule has 0 radical (unpaired) electrons. The van der Waals surface area contributed by atoms with Crippen LogP contribution in [0.5, 0.6) is 5.75 Å². The summed E-state index contributed by atoms with van der Waals surface area (Å²) in [6.07, 6.45) is 3.21. The van der Waals surface area contributed by atoms with Gasteiger partial charge in [0.2, 0.25) is 5.91 Å². The van der Waals surface area contributed by atoms with Gasteiger partial charge in [-0.05, 0) is 32.2 Å². The largest absolute Gasteiger partial charge is 0.491 e. The molecule has 1 saturated heterocycles. The summed E-state index contributed by atoms with van der Waals surface area (Å²) in [5.74, 6) is 0.827. The van der Waals surface area contributed by atoms with Crippen LogP contribution in [0.15, 0.2) is 10.9 Å². The molecule has 2 fully saturated rings. The van der Waals surface area contributed by atoms with Crippen molar-refractivity contribution >= 4 is 5.91 Å². The van der Waals surface area contributed by atoms with Crippen LogP contribution in [-0.2, 0) is 11.3 Å². The van der Waals surface area contributed by atoms with Crippen LogP contribution in [0, 0.1) is 5.92 Å². The first-order valence-electron chi connectivity index (χ1n) is 9.95. The van der Waals surface area contributed by atoms with Crippen molar-refractivity contribution in [2.45, 2.75) is 71.0 Å². The first-order chi connectivity index (χ1) is 12.7. The first-order valence-corrected chi connectivity index (χ1v) is 9.95. The van der Waals surface area contributed by atoms with E-state index < -0.39 is 0 Å². The summed E-state index contributed by atoms with van der Waals surface area (Å²) in [5, 5.41) is 7.46. The Balaban J connectivity index is 1.63. The molecule has 1 aliphatic heterocycles. The fourth-order valence-corrected chi connectivity index (χ4v) is 3.91. The molecule has 0 aromatic carbocycles. The zero-order valence-electron chi connectivity index (χ0n) is 17.1. The summed E-state index contributed by atoms with van der Waals surface area (Å²) in [6, 6.07) is 1.66. The number of amides is 1. The van der Waals surface area contributed by atoms with Crippen LogP contribution in [0.3, 0.4) is 0 Å². The van der Waals surface area contributed by atoms with Gasteiger partial charge in [-0.25, -0.2) is 4.68 Å². The second kappa shape index (κ2) is 7.62. The van der Waals surface area contributed by atoms with Crippen molar-refractivity contribution in [3.8, 4) is 5.75 Å². The van der Waals surface area contributed by atoms with E-state index in [1.165, 1.54) is 17.2 Å². The van der Waals surface area contributed by atoms with Crippen LogP contribution in [0.25, 0.3) is 0 Å². The predicted octanol–water partition coefficient (Wildman–Crippen LogP) is 1.75. The molecule has 1 aliphatic carbocycles. The molecule has 2 aliphatic rings. The maximum absolute atomic E-state index is 12.4. The number of carbonyl (C=O) groups is 1. The van der Waals surface area contributed by atoms with Gasteiger partial charge in [0, 0.05) is 30.1 Å². The van der Waals surface area contributed by atoms with Gasteiger partial charge < -0.3 is 15.0 Å². The lowest BCUT2D eigenvalue weighted by Gasteiger charge is -2.60. The van der Waals surface area contributed by atoms with Gasteiger partial charge in [-0.15, -0.1) is 0 Å². The molecule has 7 nitrogen and oxygen atoms in total. The van der Waals surface area contributed by atoms with Crippen molar-refractivity contribution < 1.29 is 9.53 Å². The lowest BCUT2D eigenvalue weighted by atomic mass is 9.65. The van der Waals surface area contributed by atoms with Gasteiger partial charge in [0.05, 0.1) is 6.61 Å². The number of hydrogen-bond donors (Lipinski definition) is 1. The van der Waals surface area contributed by atoms with E-state index >= 15 is 0 Å². The number of hydrogen-bond acceptors (Lipinski definition) is 5. The topological polar surface area (TPSA) is 76.5 Å². The smallest absolute Gasteiger partial charge is 0.270 e. The monoisotopic (exact) mass is 376 g/mol. The number of ether oxygens (including phenoxy) is 1. The summed E-state index contributed by atoms with van der Waals surface area (Å²) < 4.78 is 7.01. The Morgan fingerprint density at radius 2 is 2.07 bits per heavy atom. The van der Waals surface area contributed by atoms with Gasteiger partial charge >= 0.3 is 0 Å². The van der Waals surface area contributed by atoms with Crippen molar-refractivity contribution in [2.75, 3.05) is 20.2 Å². The van der Waals surface area contributed by atoms with Crippen molar-refractivity contribution in [3.63, 3.8) is 0 Å². The summed E-state index contributed by atoms with van der Waals surface area (Å²) in [4.78, 5) is 27.2. The quantitative estimate of drug-likeness (QED) is 0.785. The molecular weight excluding hydrogens is 344 g/mol. The molecule has 1 N–H and O–H groups in total. The number of likely N-dealkylation sites (tertiary alicyclic amines) is 1. The van der Waals surface area contributed by atoms with Gasteiger partial charge in [0.25, 0.3) is 5.56 Å². The third-order valence-electron chi connectivity index (χ3n) is 5.74. The Morgan fingerprint density at radius 3 is 2.59 bits per heavy atom. The first kappa shape index (κ1) is 19.9. The molecule has 0 atom stereocenters. The molecule has 1 saturated carbocycles. The van der Waals surface area contributed by atoms with Gasteiger partial charge in [0.1, 0.15) is 18.0 Å². The van der Waals surface area contributed by atoms with Crippen molar-refractivity contribution in [1.82, 2.24) is 20.0 Å². The summed E-state index contributed by atoms with van der Waals surface area (Å²) in [5.41, 5.74) is 0.714. The summed E-state index contributed by atoms with van der Waals surface area (Å²) in [7, 11) is 2.14. The summed E-state index contributed by atoms with van der Waals surface area (Å²) in [6.45, 7) is 9.74. The minimum atomic E-state index is -0.308. The van der Waals surface area contributed by atoms with E-state index in [9.17, 15) is 9.59 Å². The SMILES string of the molecule is CC(C)COc1cc(=O)n(CC(=O)N[C@H]2C[C@]3(CCN3C)C2)nc1C(C)C. The second-order valence-corrected chi connectivity index (χ2v) is 8.82. The van der Waals surface area contributed by atoms with E-state index in [-0.39, 0.29) is 30.0 Å². The van der Waals surface area contributed by atoms with E-state index in [0.717, 1.165) is 19.4 Å². The molecule has 3 rings (SSSR count). The Morgan fingerprint density at radius 1 is 1.37 bits per heavy atom. The molecule has 0 unspecified atom stereocenters. The van der Waals surface area contributed by atoms with Gasteiger partial charge in [0.15, 0.2) is 0 Å². The maximum atomic E-state index is 12.4. The molecule has 0 bridgehead atoms. The van der Waals surface area contributed by atoms with Gasteiger partial charge in [-0.1, -0.05) is 27.7 Å². The molecule has 1 aromatic rings. The van der Waals surface area contributed by atoms with E-state index in [0.29, 0.717) is 29.5 Å². The fourth-order valence-electron chi connectivity index (χ4n) is 3.91. The lowest BCUT2D eigenvalue weighted by Crippen LogP contribution is -2.69. The highest BCUT2D eigenvalue weighted by Crippen LogP contribution is 2.46. The van der Waals surface area contributed by atoms with Crippen LogP contribution in [-0.4, -0.2) is 52.4 Å². The van der Waals surface area contributed by atoms with Crippen molar-refractivity contribution in [3.05, 3.63) is 22.1 Å². The molecule has 1 spiro atoms. The standard InChI is InChI=1S/C20H32N4O3/c1-13(2)12-27-16-8-18(26)24(22-19(16)14(3)4)11-17(25)21-15-9-20(10-15)6-7-23(20)5/h8,13-15H,6-7,9-12H2,1-5H3,(H,21,25)/t15-,20+. The zero-order chi connectivity index (χ0) is 19.8. The average Bonchev–Trinajstić information content (AvgIpc) is 2.55. The molecule has 1 amide bonds. The number of aromatic nitrogens is 2. The third-order valence-corrected chi connectivity index (χ3v) is 5.74. The van der Waals surface area contributed by atoms with Crippen LogP contribution in [0.2, 0.25) is 0 Å². The van der Waals surface area contributed by atoms with Crippen LogP contribution in [0.4, 0.5) is 0 Å². The van der Waals surface area contributed by atoms with Crippen molar-refractivity contribution in [1.29, 1.82) is 0 Å². The number of rotatable bonds is 7. The molecule has 1 aromatic heterocycles. The molecule has 7 heteroatoms. The Bertz CT molecular complexity index is 750. The zero-order valence-corrected chi connectivity index (χ0v) is 17.1. The third kappa shape index (κ3) is 4.18. The van der Waals surface area contributed by atoms with E-state index in [2.05, 4.69) is 36.2 Å². The van der Waals surface area contributed by atoms with E-state index in [1.807, 2.05) is 13.8 Å². The minimum Gasteiger partial charge on any atom is -0.491 e. The van der Waals surface area contributed by atoms with Crippen LogP contribution in [0.1, 0.15) is 58.6 Å². The number of nitrogens with zero attached hydrogens (tertiary/aromatic N) is 3.